The lowest BCUT2D eigenvalue weighted by Crippen LogP contribution is -2.50. The monoisotopic (exact) mass is 378 g/mol. The van der Waals surface area contributed by atoms with Crippen LogP contribution < -0.4 is 4.74 Å². The van der Waals surface area contributed by atoms with E-state index in [0.717, 1.165) is 22.7 Å². The highest BCUT2D eigenvalue weighted by atomic mass is 32.2. The van der Waals surface area contributed by atoms with Crippen molar-refractivity contribution in [3.05, 3.63) is 35.4 Å². The number of ether oxygens (including phenoxy) is 1. The van der Waals surface area contributed by atoms with Crippen LogP contribution >= 0.6 is 0 Å². The van der Waals surface area contributed by atoms with Gasteiger partial charge in [0.05, 0.1) is 24.6 Å². The summed E-state index contributed by atoms with van der Waals surface area (Å²) >= 11 is 0. The molecule has 26 heavy (non-hydrogen) atoms. The highest BCUT2D eigenvalue weighted by molar-refractivity contribution is 7.89. The number of aromatic nitrogens is 3. The summed E-state index contributed by atoms with van der Waals surface area (Å²) < 4.78 is 34.5. The van der Waals surface area contributed by atoms with E-state index in [-0.39, 0.29) is 18.0 Å². The van der Waals surface area contributed by atoms with Gasteiger partial charge >= 0.3 is 5.97 Å². The zero-order chi connectivity index (χ0) is 18.5. The molecule has 2 aliphatic heterocycles. The van der Waals surface area contributed by atoms with Crippen molar-refractivity contribution in [1.82, 2.24) is 19.1 Å². The Kier molecular flexibility index (Phi) is 3.96. The molecule has 10 heteroatoms. The Morgan fingerprint density at radius 1 is 1.35 bits per heavy atom. The molecule has 0 amide bonds. The molecule has 0 bridgehead atoms. The molecule has 0 radical (unpaired) electrons. The summed E-state index contributed by atoms with van der Waals surface area (Å²) in [5.74, 6) is 0.478. The molecule has 0 fully saturated rings. The second-order valence-electron chi connectivity index (χ2n) is 6.40. The van der Waals surface area contributed by atoms with Crippen molar-refractivity contribution in [2.45, 2.75) is 43.8 Å². The van der Waals surface area contributed by atoms with Crippen molar-refractivity contribution in [2.24, 2.45) is 0 Å². The second-order valence-corrected chi connectivity index (χ2v) is 8.29. The molecule has 0 aliphatic carbocycles. The first kappa shape index (κ1) is 17.0. The van der Waals surface area contributed by atoms with E-state index < -0.39 is 22.0 Å². The van der Waals surface area contributed by atoms with Crippen LogP contribution in [0.2, 0.25) is 0 Å². The van der Waals surface area contributed by atoms with Gasteiger partial charge in [0.2, 0.25) is 10.0 Å². The van der Waals surface area contributed by atoms with Gasteiger partial charge in [-0.1, -0.05) is 0 Å². The van der Waals surface area contributed by atoms with Crippen molar-refractivity contribution in [3.8, 4) is 5.75 Å². The summed E-state index contributed by atoms with van der Waals surface area (Å²) in [6, 6.07) is 3.46. The largest absolute Gasteiger partial charge is 0.493 e. The van der Waals surface area contributed by atoms with Crippen LogP contribution in [0.15, 0.2) is 23.1 Å². The summed E-state index contributed by atoms with van der Waals surface area (Å²) in [7, 11) is -4.01. The quantitative estimate of drug-likeness (QED) is 0.830. The Balaban J connectivity index is 1.75. The fourth-order valence-electron chi connectivity index (χ4n) is 3.38. The van der Waals surface area contributed by atoms with Crippen LogP contribution in [0.25, 0.3) is 0 Å². The molecular formula is C16H18N4O5S. The lowest BCUT2D eigenvalue weighted by molar-refractivity contribution is -0.142. The van der Waals surface area contributed by atoms with E-state index in [4.69, 9.17) is 4.74 Å². The first-order valence-corrected chi connectivity index (χ1v) is 9.71. The summed E-state index contributed by atoms with van der Waals surface area (Å²) in [6.07, 6.45) is 1.55. The summed E-state index contributed by atoms with van der Waals surface area (Å²) in [5, 5.41) is 17.5. The Morgan fingerprint density at radius 3 is 2.92 bits per heavy atom. The minimum atomic E-state index is -4.01. The van der Waals surface area contributed by atoms with Crippen molar-refractivity contribution >= 4 is 16.0 Å². The molecule has 1 aromatic carbocycles. The first-order chi connectivity index (χ1) is 12.4. The first-order valence-electron chi connectivity index (χ1n) is 8.27. The van der Waals surface area contributed by atoms with E-state index in [0.29, 0.717) is 24.0 Å². The van der Waals surface area contributed by atoms with Gasteiger partial charge in [0, 0.05) is 0 Å². The number of nitrogens with zero attached hydrogens (tertiary/aromatic N) is 4. The smallest absolute Gasteiger partial charge is 0.323 e. The number of benzene rings is 1. The lowest BCUT2D eigenvalue weighted by atomic mass is 10.1. The van der Waals surface area contributed by atoms with Crippen molar-refractivity contribution in [3.63, 3.8) is 0 Å². The van der Waals surface area contributed by atoms with Gasteiger partial charge in [-0.2, -0.15) is 4.31 Å². The molecule has 4 rings (SSSR count). The molecule has 3 heterocycles. The van der Waals surface area contributed by atoms with Crippen molar-refractivity contribution < 1.29 is 23.1 Å². The molecule has 138 valence electrons. The normalized spacial score (nSPS) is 20.1. The molecule has 9 nitrogen and oxygen atoms in total. The van der Waals surface area contributed by atoms with Crippen LogP contribution in [0.5, 0.6) is 5.75 Å². The van der Waals surface area contributed by atoms with Crippen LogP contribution in [-0.2, 0) is 34.3 Å². The minimum Gasteiger partial charge on any atom is -0.493 e. The minimum absolute atomic E-state index is 0.0171. The van der Waals surface area contributed by atoms with Gasteiger partial charge in [-0.25, -0.2) is 8.42 Å². The number of rotatable bonds is 3. The van der Waals surface area contributed by atoms with E-state index >= 15 is 0 Å². The fourth-order valence-corrected chi connectivity index (χ4v) is 4.96. The third-order valence-corrected chi connectivity index (χ3v) is 6.64. The molecule has 1 unspecified atom stereocenters. The van der Waals surface area contributed by atoms with E-state index in [1.807, 2.05) is 0 Å². The van der Waals surface area contributed by atoms with Gasteiger partial charge in [0.25, 0.3) is 0 Å². The molecular weight excluding hydrogens is 360 g/mol. The number of carbonyl (C=O) groups is 1. The predicted molar refractivity (Wildman–Crippen MR) is 89.2 cm³/mol. The maximum Gasteiger partial charge on any atom is 0.323 e. The van der Waals surface area contributed by atoms with Crippen molar-refractivity contribution in [2.75, 3.05) is 6.61 Å². The summed E-state index contributed by atoms with van der Waals surface area (Å²) in [6.45, 7) is 2.18. The van der Waals surface area contributed by atoms with Gasteiger partial charge in [0.1, 0.15) is 23.4 Å². The topological polar surface area (TPSA) is 115 Å². The van der Waals surface area contributed by atoms with E-state index in [2.05, 4.69) is 10.2 Å². The number of hydrogen-bond donors (Lipinski definition) is 1. The van der Waals surface area contributed by atoms with Crippen LogP contribution in [0.3, 0.4) is 0 Å². The Labute approximate surface area is 150 Å². The molecule has 1 aromatic heterocycles. The summed E-state index contributed by atoms with van der Waals surface area (Å²) in [5.41, 5.74) is 0.820. The molecule has 0 spiro atoms. The van der Waals surface area contributed by atoms with Gasteiger partial charge in [0.15, 0.2) is 0 Å². The number of sulfonamides is 1. The second kappa shape index (κ2) is 6.06. The highest BCUT2D eigenvalue weighted by Crippen LogP contribution is 2.31. The SMILES string of the molecule is Cc1nnc2n1CC(C(=O)O)N(S(=O)(=O)c1ccc3c(c1)CCCO3)C2. The van der Waals surface area contributed by atoms with Gasteiger partial charge in [-0.15, -0.1) is 10.2 Å². The van der Waals surface area contributed by atoms with Crippen LogP contribution in [-0.4, -0.2) is 51.2 Å². The number of aryl methyl sites for hydroxylation is 2. The maximum absolute atomic E-state index is 13.2. The zero-order valence-electron chi connectivity index (χ0n) is 14.1. The number of carboxylic acids is 1. The molecule has 0 saturated heterocycles. The van der Waals surface area contributed by atoms with Crippen LogP contribution in [0, 0.1) is 6.92 Å². The summed E-state index contributed by atoms with van der Waals surface area (Å²) in [4.78, 5) is 11.8. The third kappa shape index (κ3) is 2.65. The number of fused-ring (bicyclic) bond motifs is 2. The Hall–Kier alpha value is -2.46. The number of hydrogen-bond acceptors (Lipinski definition) is 6. The third-order valence-electron chi connectivity index (χ3n) is 4.78. The standard InChI is InChI=1S/C16H18N4O5S/c1-10-17-18-15-9-20(13(16(21)22)8-19(10)15)26(23,24)12-4-5-14-11(7-12)3-2-6-25-14/h4-5,7,13H,2-3,6,8-9H2,1H3,(H,21,22). The van der Waals surface area contributed by atoms with Crippen molar-refractivity contribution in [1.29, 1.82) is 0 Å². The van der Waals surface area contributed by atoms with Crippen LogP contribution in [0.1, 0.15) is 23.6 Å². The molecule has 1 atom stereocenters. The highest BCUT2D eigenvalue weighted by Gasteiger charge is 2.41. The Bertz CT molecular complexity index is 985. The molecule has 2 aromatic rings. The molecule has 2 aliphatic rings. The maximum atomic E-state index is 13.2. The zero-order valence-corrected chi connectivity index (χ0v) is 14.9. The predicted octanol–water partition coefficient (Wildman–Crippen LogP) is 0.569. The number of aliphatic carboxylic acids is 1. The van der Waals surface area contributed by atoms with Gasteiger partial charge in [-0.05, 0) is 43.5 Å². The average Bonchev–Trinajstić information content (AvgIpc) is 3.00. The lowest BCUT2D eigenvalue weighted by Gasteiger charge is -2.32. The van der Waals surface area contributed by atoms with E-state index in [1.54, 1.807) is 23.6 Å². The molecule has 0 saturated carbocycles. The molecule has 1 N–H and O–H groups in total. The Morgan fingerprint density at radius 2 is 2.15 bits per heavy atom. The van der Waals surface area contributed by atoms with E-state index in [1.165, 1.54) is 6.07 Å². The van der Waals surface area contributed by atoms with Gasteiger partial charge in [-0.3, -0.25) is 4.79 Å². The van der Waals surface area contributed by atoms with Crippen LogP contribution in [0.4, 0.5) is 0 Å². The van der Waals surface area contributed by atoms with Gasteiger partial charge < -0.3 is 14.4 Å². The number of carboxylic acid groups (broad SMARTS) is 1. The fraction of sp³-hybridized carbons (Fsp3) is 0.438. The average molecular weight is 378 g/mol. The van der Waals surface area contributed by atoms with E-state index in [9.17, 15) is 18.3 Å².